The summed E-state index contributed by atoms with van der Waals surface area (Å²) in [7, 11) is 1.73. The molecular formula is C25H31NO3. The van der Waals surface area contributed by atoms with Gasteiger partial charge in [-0.15, -0.1) is 0 Å². The number of hydrogen-bond donors (Lipinski definition) is 0. The number of carbonyl (C=O) groups excluding carboxylic acids is 1. The normalized spacial score (nSPS) is 21.7. The Labute approximate surface area is 173 Å². The summed E-state index contributed by atoms with van der Waals surface area (Å²) in [4.78, 5) is 14.6. The molecule has 2 fully saturated rings. The Kier molecular flexibility index (Phi) is 6.50. The second-order valence-electron chi connectivity index (χ2n) is 8.33. The van der Waals surface area contributed by atoms with E-state index in [1.54, 1.807) is 7.11 Å². The van der Waals surface area contributed by atoms with Crippen LogP contribution < -0.4 is 4.74 Å². The number of amides is 1. The Bertz CT molecular complexity index is 814. The first-order valence-corrected chi connectivity index (χ1v) is 10.8. The van der Waals surface area contributed by atoms with Crippen LogP contribution in [-0.2, 0) is 22.4 Å². The summed E-state index contributed by atoms with van der Waals surface area (Å²) < 4.78 is 11.1. The minimum atomic E-state index is 0.281. The first-order chi connectivity index (χ1) is 14.2. The van der Waals surface area contributed by atoms with E-state index in [0.717, 1.165) is 57.7 Å². The molecule has 29 heavy (non-hydrogen) atoms. The van der Waals surface area contributed by atoms with Crippen LogP contribution in [0.5, 0.6) is 5.75 Å². The number of benzene rings is 2. The lowest BCUT2D eigenvalue weighted by atomic mass is 9.92. The average molecular weight is 394 g/mol. The zero-order valence-corrected chi connectivity index (χ0v) is 17.3. The highest BCUT2D eigenvalue weighted by atomic mass is 16.5. The highest BCUT2D eigenvalue weighted by molar-refractivity contribution is 5.79. The van der Waals surface area contributed by atoms with Gasteiger partial charge in [0.25, 0.3) is 0 Å². The van der Waals surface area contributed by atoms with Gasteiger partial charge in [-0.2, -0.15) is 0 Å². The van der Waals surface area contributed by atoms with Crippen LogP contribution in [0, 0.1) is 5.92 Å². The predicted octanol–water partition coefficient (Wildman–Crippen LogP) is 4.22. The van der Waals surface area contributed by atoms with E-state index in [-0.39, 0.29) is 11.8 Å². The number of hydrogen-bond acceptors (Lipinski definition) is 3. The molecule has 0 aromatic heterocycles. The molecule has 0 spiro atoms. The molecule has 4 rings (SSSR count). The van der Waals surface area contributed by atoms with E-state index in [4.69, 9.17) is 9.47 Å². The van der Waals surface area contributed by atoms with Gasteiger partial charge in [0, 0.05) is 38.6 Å². The van der Waals surface area contributed by atoms with Gasteiger partial charge in [0.1, 0.15) is 5.75 Å². The van der Waals surface area contributed by atoms with E-state index in [9.17, 15) is 4.79 Å². The van der Waals surface area contributed by atoms with Crippen LogP contribution in [0.3, 0.4) is 0 Å². The second-order valence-corrected chi connectivity index (χ2v) is 8.33. The number of carbonyl (C=O) groups is 1. The van der Waals surface area contributed by atoms with Crippen molar-refractivity contribution in [2.75, 3.05) is 33.4 Å². The number of nitrogens with zero attached hydrogens (tertiary/aromatic N) is 1. The lowest BCUT2D eigenvalue weighted by Crippen LogP contribution is -2.26. The van der Waals surface area contributed by atoms with Crippen LogP contribution in [0.4, 0.5) is 0 Å². The number of methoxy groups -OCH3 is 1. The summed E-state index contributed by atoms with van der Waals surface area (Å²) in [5, 5.41) is 0. The van der Waals surface area contributed by atoms with E-state index in [2.05, 4.69) is 42.5 Å². The second kappa shape index (κ2) is 9.45. The predicted molar refractivity (Wildman–Crippen MR) is 114 cm³/mol. The Morgan fingerprint density at radius 2 is 2.03 bits per heavy atom. The van der Waals surface area contributed by atoms with Gasteiger partial charge in [0.15, 0.2) is 0 Å². The lowest BCUT2D eigenvalue weighted by molar-refractivity contribution is -0.127. The molecule has 0 radical (unpaired) electrons. The molecule has 1 amide bonds. The van der Waals surface area contributed by atoms with Gasteiger partial charge >= 0.3 is 0 Å². The molecular weight excluding hydrogens is 362 g/mol. The van der Waals surface area contributed by atoms with Crippen molar-refractivity contribution in [2.24, 2.45) is 5.92 Å². The van der Waals surface area contributed by atoms with Crippen molar-refractivity contribution in [3.8, 4) is 5.75 Å². The van der Waals surface area contributed by atoms with Gasteiger partial charge in [0.05, 0.1) is 7.11 Å². The fourth-order valence-electron chi connectivity index (χ4n) is 4.60. The van der Waals surface area contributed by atoms with Crippen LogP contribution in [0.15, 0.2) is 48.5 Å². The quantitative estimate of drug-likeness (QED) is 0.674. The zero-order chi connectivity index (χ0) is 20.1. The largest absolute Gasteiger partial charge is 0.496 e. The average Bonchev–Trinajstić information content (AvgIpc) is 3.39. The number of aryl methyl sites for hydroxylation is 1. The van der Waals surface area contributed by atoms with Gasteiger partial charge in [-0.05, 0) is 54.4 Å². The van der Waals surface area contributed by atoms with Crippen molar-refractivity contribution in [3.05, 3.63) is 65.2 Å². The van der Waals surface area contributed by atoms with E-state index in [1.165, 1.54) is 16.7 Å². The number of rotatable bonds is 8. The van der Waals surface area contributed by atoms with Gasteiger partial charge in [-0.25, -0.2) is 0 Å². The number of ether oxygens (including phenoxy) is 2. The molecule has 2 aliphatic rings. The van der Waals surface area contributed by atoms with Crippen molar-refractivity contribution in [3.63, 3.8) is 0 Å². The summed E-state index contributed by atoms with van der Waals surface area (Å²) in [6, 6.07) is 17.0. The minimum Gasteiger partial charge on any atom is -0.496 e. The van der Waals surface area contributed by atoms with Crippen LogP contribution in [0.2, 0.25) is 0 Å². The molecule has 1 unspecified atom stereocenters. The fourth-order valence-corrected chi connectivity index (χ4v) is 4.60. The third-order valence-corrected chi connectivity index (χ3v) is 6.26. The molecule has 0 saturated carbocycles. The van der Waals surface area contributed by atoms with Crippen molar-refractivity contribution < 1.29 is 14.3 Å². The van der Waals surface area contributed by atoms with E-state index >= 15 is 0 Å². The monoisotopic (exact) mass is 393 g/mol. The van der Waals surface area contributed by atoms with E-state index in [1.807, 2.05) is 11.0 Å². The van der Waals surface area contributed by atoms with E-state index < -0.39 is 0 Å². The summed E-state index contributed by atoms with van der Waals surface area (Å²) in [6.07, 6.45) is 4.75. The Balaban J connectivity index is 1.37. The summed E-state index contributed by atoms with van der Waals surface area (Å²) in [6.45, 7) is 3.37. The van der Waals surface area contributed by atoms with E-state index in [0.29, 0.717) is 12.3 Å². The number of likely N-dealkylation sites (tertiary alicyclic amines) is 1. The molecule has 2 aliphatic heterocycles. The standard InChI is InChI=1S/C25H31NO3/c1-28-24-10-9-21(15-22(24)14-20-11-13-29-18-20)23-16-25(27)26(17-23)12-5-8-19-6-3-2-4-7-19/h2-4,6-7,9-10,15,20,23H,5,8,11-14,16-18H2,1H3/t20?,23-/m1/s1. The summed E-state index contributed by atoms with van der Waals surface area (Å²) in [5.41, 5.74) is 3.85. The molecule has 4 nitrogen and oxygen atoms in total. The Hall–Kier alpha value is -2.33. The highest BCUT2D eigenvalue weighted by Gasteiger charge is 2.30. The smallest absolute Gasteiger partial charge is 0.223 e. The maximum absolute atomic E-state index is 12.6. The molecule has 0 N–H and O–H groups in total. The highest BCUT2D eigenvalue weighted by Crippen LogP contribution is 2.33. The van der Waals surface area contributed by atoms with Gasteiger partial charge in [0.2, 0.25) is 5.91 Å². The van der Waals surface area contributed by atoms with Crippen molar-refractivity contribution in [1.29, 1.82) is 0 Å². The summed E-state index contributed by atoms with van der Waals surface area (Å²) >= 11 is 0. The Morgan fingerprint density at radius 1 is 1.17 bits per heavy atom. The first-order valence-electron chi connectivity index (χ1n) is 10.8. The molecule has 2 saturated heterocycles. The summed E-state index contributed by atoms with van der Waals surface area (Å²) in [5.74, 6) is 2.08. The maximum Gasteiger partial charge on any atom is 0.223 e. The van der Waals surface area contributed by atoms with Crippen LogP contribution >= 0.6 is 0 Å². The lowest BCUT2D eigenvalue weighted by Gasteiger charge is -2.18. The zero-order valence-electron chi connectivity index (χ0n) is 17.3. The van der Waals surface area contributed by atoms with Crippen molar-refractivity contribution in [1.82, 2.24) is 4.90 Å². The third kappa shape index (κ3) is 4.99. The molecule has 154 valence electrons. The fraction of sp³-hybridized carbons (Fsp3) is 0.480. The molecule has 4 heteroatoms. The molecule has 0 aliphatic carbocycles. The molecule has 2 heterocycles. The van der Waals surface area contributed by atoms with Crippen LogP contribution in [0.1, 0.15) is 41.9 Å². The van der Waals surface area contributed by atoms with Crippen LogP contribution in [0.25, 0.3) is 0 Å². The van der Waals surface area contributed by atoms with Gasteiger partial charge in [-0.1, -0.05) is 42.5 Å². The maximum atomic E-state index is 12.6. The minimum absolute atomic E-state index is 0.281. The van der Waals surface area contributed by atoms with Crippen LogP contribution in [-0.4, -0.2) is 44.2 Å². The van der Waals surface area contributed by atoms with Gasteiger partial charge in [-0.3, -0.25) is 4.79 Å². The molecule has 2 atom stereocenters. The first kappa shape index (κ1) is 20.0. The topological polar surface area (TPSA) is 38.8 Å². The van der Waals surface area contributed by atoms with Gasteiger partial charge < -0.3 is 14.4 Å². The Morgan fingerprint density at radius 3 is 2.79 bits per heavy atom. The van der Waals surface area contributed by atoms with Crippen molar-refractivity contribution in [2.45, 2.75) is 38.0 Å². The SMILES string of the molecule is COc1ccc([C@@H]2CC(=O)N(CCCc3ccccc3)C2)cc1CC1CCOC1. The molecule has 2 aromatic carbocycles. The molecule has 0 bridgehead atoms. The van der Waals surface area contributed by atoms with Crippen molar-refractivity contribution >= 4 is 5.91 Å². The third-order valence-electron chi connectivity index (χ3n) is 6.26. The molecule has 2 aromatic rings.